The lowest BCUT2D eigenvalue weighted by Crippen LogP contribution is -2.08. The van der Waals surface area contributed by atoms with Crippen molar-refractivity contribution >= 4 is 10.9 Å². The maximum atomic E-state index is 10.4. The van der Waals surface area contributed by atoms with Crippen LogP contribution in [0.3, 0.4) is 0 Å². The first-order valence-corrected chi connectivity index (χ1v) is 6.81. The zero-order chi connectivity index (χ0) is 14.1. The van der Waals surface area contributed by atoms with Crippen LogP contribution in [0.4, 0.5) is 0 Å². The summed E-state index contributed by atoms with van der Waals surface area (Å²) >= 11 is 0. The Kier molecular flexibility index (Phi) is 3.28. The molecule has 0 aliphatic carbocycles. The first-order valence-electron chi connectivity index (χ1n) is 6.81. The summed E-state index contributed by atoms with van der Waals surface area (Å²) in [5.74, 6) is 0. The van der Waals surface area contributed by atoms with Gasteiger partial charge in [-0.25, -0.2) is 0 Å². The second-order valence-electron chi connectivity index (χ2n) is 4.88. The topological polar surface area (TPSA) is 55.9 Å². The summed E-state index contributed by atoms with van der Waals surface area (Å²) in [6.45, 7) is 2.89. The molecule has 0 amide bonds. The molecule has 104 valence electrons. The number of para-hydroxylation sites is 1. The highest BCUT2D eigenvalue weighted by Gasteiger charge is 2.17. The molecule has 2 heterocycles. The predicted octanol–water partition coefficient (Wildman–Crippen LogP) is 2.07. The molecule has 0 radical (unpaired) electrons. The van der Waals surface area contributed by atoms with E-state index in [0.29, 0.717) is 6.42 Å². The summed E-state index contributed by atoms with van der Waals surface area (Å²) < 4.78 is 3.67. The molecule has 0 aliphatic rings. The molecular weight excluding hydrogens is 252 g/mol. The average Bonchev–Trinajstić information content (AvgIpc) is 3.03. The molecule has 5 heteroatoms. The maximum Gasteiger partial charge on any atom is 0.101 e. The fraction of sp³-hybridized carbons (Fsp3) is 0.333. The zero-order valence-electron chi connectivity index (χ0n) is 11.7. The summed E-state index contributed by atoms with van der Waals surface area (Å²) in [7, 11) is 1.83. The molecule has 3 aromatic rings. The Labute approximate surface area is 117 Å². The Bertz CT molecular complexity index is 728. The smallest absolute Gasteiger partial charge is 0.101 e. The fourth-order valence-electron chi connectivity index (χ4n) is 2.59. The van der Waals surface area contributed by atoms with E-state index >= 15 is 0 Å². The standard InChI is InChI=1S/C15H18N4O/c1-3-19-13-7-5-4-6-11(13)12(17-19)10-15(20)14-8-9-16-18(14)2/h4-9,15,20H,3,10H2,1-2H3. The molecular formula is C15H18N4O. The monoisotopic (exact) mass is 270 g/mol. The van der Waals surface area contributed by atoms with Gasteiger partial charge in [-0.2, -0.15) is 10.2 Å². The van der Waals surface area contributed by atoms with Gasteiger partial charge in [0.25, 0.3) is 0 Å². The molecule has 5 nitrogen and oxygen atoms in total. The van der Waals surface area contributed by atoms with Crippen LogP contribution in [0.25, 0.3) is 10.9 Å². The molecule has 1 atom stereocenters. The van der Waals surface area contributed by atoms with Crippen LogP contribution in [0.15, 0.2) is 36.5 Å². The molecule has 1 aromatic carbocycles. The predicted molar refractivity (Wildman–Crippen MR) is 77.3 cm³/mol. The summed E-state index contributed by atoms with van der Waals surface area (Å²) in [4.78, 5) is 0. The van der Waals surface area contributed by atoms with E-state index in [1.165, 1.54) is 0 Å². The van der Waals surface area contributed by atoms with Crippen molar-refractivity contribution in [2.24, 2.45) is 7.05 Å². The molecule has 0 spiro atoms. The highest BCUT2D eigenvalue weighted by Crippen LogP contribution is 2.23. The zero-order valence-corrected chi connectivity index (χ0v) is 11.7. The van der Waals surface area contributed by atoms with Crippen molar-refractivity contribution in [3.63, 3.8) is 0 Å². The number of aliphatic hydroxyl groups excluding tert-OH is 1. The second kappa shape index (κ2) is 5.09. The SMILES string of the molecule is CCn1nc(CC(O)c2ccnn2C)c2ccccc21. The molecule has 0 fully saturated rings. The number of benzene rings is 1. The van der Waals surface area contributed by atoms with Gasteiger partial charge in [0.05, 0.1) is 16.9 Å². The summed E-state index contributed by atoms with van der Waals surface area (Å²) in [6, 6.07) is 9.97. The third-order valence-corrected chi connectivity index (χ3v) is 3.62. The molecule has 1 unspecified atom stereocenters. The van der Waals surface area contributed by atoms with E-state index in [-0.39, 0.29) is 0 Å². The van der Waals surface area contributed by atoms with E-state index in [2.05, 4.69) is 29.3 Å². The third-order valence-electron chi connectivity index (χ3n) is 3.62. The van der Waals surface area contributed by atoms with Crippen molar-refractivity contribution in [1.82, 2.24) is 19.6 Å². The molecule has 0 saturated carbocycles. The van der Waals surface area contributed by atoms with E-state index in [1.807, 2.05) is 29.9 Å². The lowest BCUT2D eigenvalue weighted by molar-refractivity contribution is 0.167. The first kappa shape index (κ1) is 12.9. The van der Waals surface area contributed by atoms with Crippen LogP contribution in [0, 0.1) is 0 Å². The van der Waals surface area contributed by atoms with Gasteiger partial charge in [0.2, 0.25) is 0 Å². The third kappa shape index (κ3) is 2.10. The molecule has 0 bridgehead atoms. The fourth-order valence-corrected chi connectivity index (χ4v) is 2.59. The molecule has 2 aromatic heterocycles. The summed E-state index contributed by atoms with van der Waals surface area (Å²) in [5, 5.41) is 20.2. The van der Waals surface area contributed by atoms with Crippen LogP contribution < -0.4 is 0 Å². The van der Waals surface area contributed by atoms with Gasteiger partial charge in [0, 0.05) is 31.6 Å². The first-order chi connectivity index (χ1) is 9.70. The number of aromatic nitrogens is 4. The van der Waals surface area contributed by atoms with Crippen LogP contribution in [0.1, 0.15) is 24.4 Å². The van der Waals surface area contributed by atoms with Gasteiger partial charge in [-0.1, -0.05) is 18.2 Å². The number of rotatable bonds is 4. The maximum absolute atomic E-state index is 10.4. The van der Waals surface area contributed by atoms with Gasteiger partial charge < -0.3 is 5.11 Å². The second-order valence-corrected chi connectivity index (χ2v) is 4.88. The summed E-state index contributed by atoms with van der Waals surface area (Å²) in [5.41, 5.74) is 2.85. The lowest BCUT2D eigenvalue weighted by atomic mass is 10.1. The Morgan fingerprint density at radius 3 is 2.75 bits per heavy atom. The molecule has 3 rings (SSSR count). The number of aliphatic hydroxyl groups is 1. The minimum absolute atomic E-state index is 0.493. The number of nitrogens with zero attached hydrogens (tertiary/aromatic N) is 4. The van der Waals surface area contributed by atoms with Gasteiger partial charge in [0.15, 0.2) is 0 Å². The van der Waals surface area contributed by atoms with Crippen molar-refractivity contribution in [1.29, 1.82) is 0 Å². The van der Waals surface area contributed by atoms with Gasteiger partial charge >= 0.3 is 0 Å². The van der Waals surface area contributed by atoms with Crippen molar-refractivity contribution in [2.75, 3.05) is 0 Å². The van der Waals surface area contributed by atoms with E-state index in [9.17, 15) is 5.11 Å². The van der Waals surface area contributed by atoms with Crippen LogP contribution in [-0.4, -0.2) is 24.7 Å². The Hall–Kier alpha value is -2.14. The number of aryl methyl sites for hydroxylation is 2. The summed E-state index contributed by atoms with van der Waals surface area (Å²) in [6.07, 6.45) is 1.60. The Balaban J connectivity index is 1.97. The Morgan fingerprint density at radius 2 is 2.05 bits per heavy atom. The number of fused-ring (bicyclic) bond motifs is 1. The van der Waals surface area contributed by atoms with Crippen molar-refractivity contribution in [3.05, 3.63) is 47.9 Å². The van der Waals surface area contributed by atoms with E-state index in [1.54, 1.807) is 10.9 Å². The lowest BCUT2D eigenvalue weighted by Gasteiger charge is -2.09. The molecule has 0 aliphatic heterocycles. The molecule has 1 N–H and O–H groups in total. The number of hydrogen-bond acceptors (Lipinski definition) is 3. The van der Waals surface area contributed by atoms with Crippen LogP contribution in [-0.2, 0) is 20.0 Å². The van der Waals surface area contributed by atoms with Crippen molar-refractivity contribution in [3.8, 4) is 0 Å². The van der Waals surface area contributed by atoms with Crippen molar-refractivity contribution in [2.45, 2.75) is 26.0 Å². The minimum Gasteiger partial charge on any atom is -0.386 e. The molecule has 20 heavy (non-hydrogen) atoms. The van der Waals surface area contributed by atoms with Crippen LogP contribution in [0.2, 0.25) is 0 Å². The highest BCUT2D eigenvalue weighted by molar-refractivity contribution is 5.82. The Morgan fingerprint density at radius 1 is 1.25 bits per heavy atom. The van der Waals surface area contributed by atoms with Gasteiger partial charge in [-0.05, 0) is 19.1 Å². The number of hydrogen-bond donors (Lipinski definition) is 1. The molecule has 0 saturated heterocycles. The van der Waals surface area contributed by atoms with E-state index in [0.717, 1.165) is 28.8 Å². The minimum atomic E-state index is -0.592. The average molecular weight is 270 g/mol. The normalized spacial score (nSPS) is 12.9. The van der Waals surface area contributed by atoms with Gasteiger partial charge in [0.1, 0.15) is 6.10 Å². The van der Waals surface area contributed by atoms with Crippen LogP contribution >= 0.6 is 0 Å². The van der Waals surface area contributed by atoms with Gasteiger partial charge in [-0.3, -0.25) is 9.36 Å². The van der Waals surface area contributed by atoms with Crippen molar-refractivity contribution < 1.29 is 5.11 Å². The van der Waals surface area contributed by atoms with E-state index < -0.39 is 6.10 Å². The van der Waals surface area contributed by atoms with Gasteiger partial charge in [-0.15, -0.1) is 0 Å². The quantitative estimate of drug-likeness (QED) is 0.789. The van der Waals surface area contributed by atoms with E-state index in [4.69, 9.17) is 0 Å². The van der Waals surface area contributed by atoms with Crippen LogP contribution in [0.5, 0.6) is 0 Å². The highest BCUT2D eigenvalue weighted by atomic mass is 16.3. The largest absolute Gasteiger partial charge is 0.386 e.